The van der Waals surface area contributed by atoms with E-state index in [0.717, 1.165) is 12.8 Å². The molecule has 2 unspecified atom stereocenters. The molecule has 1 fully saturated rings. The fourth-order valence-corrected chi connectivity index (χ4v) is 3.07. The second-order valence-electron chi connectivity index (χ2n) is 4.97. The van der Waals surface area contributed by atoms with Gasteiger partial charge in [0.05, 0.1) is 16.5 Å². The molecular formula is C14H15BrClNO3. The molecule has 1 aromatic carbocycles. The number of aliphatic carboxylic acids is 1. The maximum atomic E-state index is 12.2. The number of hydrogen-bond acceptors (Lipinski definition) is 2. The molecule has 108 valence electrons. The van der Waals surface area contributed by atoms with Gasteiger partial charge in [0.25, 0.3) is 5.91 Å². The van der Waals surface area contributed by atoms with Gasteiger partial charge in [-0.15, -0.1) is 0 Å². The van der Waals surface area contributed by atoms with Gasteiger partial charge >= 0.3 is 5.97 Å². The molecule has 20 heavy (non-hydrogen) atoms. The zero-order valence-electron chi connectivity index (χ0n) is 10.7. The molecule has 2 atom stereocenters. The van der Waals surface area contributed by atoms with Gasteiger partial charge in [-0.1, -0.05) is 24.1 Å². The van der Waals surface area contributed by atoms with Crippen LogP contribution in [0.15, 0.2) is 22.7 Å². The number of carboxylic acids is 1. The molecule has 0 aliphatic heterocycles. The van der Waals surface area contributed by atoms with Gasteiger partial charge in [-0.05, 0) is 47.3 Å². The summed E-state index contributed by atoms with van der Waals surface area (Å²) in [5.74, 6) is -1.41. The van der Waals surface area contributed by atoms with Crippen LogP contribution < -0.4 is 5.32 Å². The van der Waals surface area contributed by atoms with Crippen LogP contribution in [-0.4, -0.2) is 23.0 Å². The summed E-state index contributed by atoms with van der Waals surface area (Å²) in [6, 6.07) is 5.05. The Morgan fingerprint density at radius 2 is 2.10 bits per heavy atom. The van der Waals surface area contributed by atoms with Crippen molar-refractivity contribution in [2.24, 2.45) is 5.92 Å². The van der Waals surface area contributed by atoms with E-state index in [1.165, 1.54) is 0 Å². The predicted molar refractivity (Wildman–Crippen MR) is 80.0 cm³/mol. The summed E-state index contributed by atoms with van der Waals surface area (Å²) in [6.45, 7) is 0. The van der Waals surface area contributed by atoms with Crippen molar-refractivity contribution in [2.75, 3.05) is 0 Å². The zero-order valence-corrected chi connectivity index (χ0v) is 13.1. The first kappa shape index (κ1) is 15.3. The molecule has 2 N–H and O–H groups in total. The third-order valence-electron chi connectivity index (χ3n) is 3.55. The second kappa shape index (κ2) is 6.59. The molecule has 2 rings (SSSR count). The van der Waals surface area contributed by atoms with Crippen molar-refractivity contribution in [2.45, 2.75) is 31.7 Å². The van der Waals surface area contributed by atoms with Gasteiger partial charge in [0, 0.05) is 10.5 Å². The van der Waals surface area contributed by atoms with Gasteiger partial charge in [-0.25, -0.2) is 0 Å². The molecular weight excluding hydrogens is 346 g/mol. The standard InChI is InChI=1S/C14H15BrClNO3/c15-11-6-2-5-10(12(11)16)13(18)17-9-4-1-3-8(7-9)14(19)20/h2,5-6,8-9H,1,3-4,7H2,(H,17,18)(H,19,20). The third kappa shape index (κ3) is 3.52. The maximum absolute atomic E-state index is 12.2. The highest BCUT2D eigenvalue weighted by molar-refractivity contribution is 9.10. The molecule has 0 bridgehead atoms. The number of hydrogen-bond donors (Lipinski definition) is 2. The smallest absolute Gasteiger partial charge is 0.306 e. The number of carbonyl (C=O) groups is 2. The van der Waals surface area contributed by atoms with Crippen LogP contribution in [-0.2, 0) is 4.79 Å². The van der Waals surface area contributed by atoms with E-state index in [-0.39, 0.29) is 17.9 Å². The lowest BCUT2D eigenvalue weighted by Gasteiger charge is -2.27. The molecule has 0 heterocycles. The van der Waals surface area contributed by atoms with Gasteiger partial charge in [0.15, 0.2) is 0 Å². The average molecular weight is 361 g/mol. The fourth-order valence-electron chi connectivity index (χ4n) is 2.49. The first-order chi connectivity index (χ1) is 9.49. The number of nitrogens with one attached hydrogen (secondary N) is 1. The summed E-state index contributed by atoms with van der Waals surface area (Å²) in [6.07, 6.45) is 2.78. The van der Waals surface area contributed by atoms with Gasteiger partial charge in [0.1, 0.15) is 0 Å². The fraction of sp³-hybridized carbons (Fsp3) is 0.429. The van der Waals surface area contributed by atoms with Crippen LogP contribution in [0.5, 0.6) is 0 Å². The number of halogens is 2. The second-order valence-corrected chi connectivity index (χ2v) is 6.21. The molecule has 6 heteroatoms. The predicted octanol–water partition coefficient (Wildman–Crippen LogP) is 3.48. The van der Waals surface area contributed by atoms with Crippen molar-refractivity contribution < 1.29 is 14.7 Å². The van der Waals surface area contributed by atoms with Crippen molar-refractivity contribution in [1.82, 2.24) is 5.32 Å². The van der Waals surface area contributed by atoms with Crippen molar-refractivity contribution in [1.29, 1.82) is 0 Å². The van der Waals surface area contributed by atoms with Crippen LogP contribution in [0, 0.1) is 5.92 Å². The van der Waals surface area contributed by atoms with E-state index in [1.54, 1.807) is 18.2 Å². The highest BCUT2D eigenvalue weighted by Crippen LogP contribution is 2.28. The van der Waals surface area contributed by atoms with E-state index in [9.17, 15) is 9.59 Å². The summed E-state index contributed by atoms with van der Waals surface area (Å²) < 4.78 is 0.666. The number of carbonyl (C=O) groups excluding carboxylic acids is 1. The molecule has 1 amide bonds. The quantitative estimate of drug-likeness (QED) is 0.867. The minimum Gasteiger partial charge on any atom is -0.481 e. The molecule has 1 aliphatic carbocycles. The summed E-state index contributed by atoms with van der Waals surface area (Å²) in [5.41, 5.74) is 0.401. The van der Waals surface area contributed by atoms with E-state index >= 15 is 0 Å². The third-order valence-corrected chi connectivity index (χ3v) is 4.85. The number of benzene rings is 1. The monoisotopic (exact) mass is 359 g/mol. The van der Waals surface area contributed by atoms with E-state index < -0.39 is 5.97 Å². The van der Waals surface area contributed by atoms with Crippen molar-refractivity contribution in [3.63, 3.8) is 0 Å². The molecule has 1 saturated carbocycles. The Labute approximate surface area is 130 Å². The van der Waals surface area contributed by atoms with Gasteiger partial charge in [-0.2, -0.15) is 0 Å². The highest BCUT2D eigenvalue weighted by Gasteiger charge is 2.28. The SMILES string of the molecule is O=C(NC1CCCC(C(=O)O)C1)c1cccc(Br)c1Cl. The van der Waals surface area contributed by atoms with E-state index in [2.05, 4.69) is 21.2 Å². The minimum atomic E-state index is -0.788. The first-order valence-electron chi connectivity index (χ1n) is 6.46. The first-order valence-corrected chi connectivity index (χ1v) is 7.64. The topological polar surface area (TPSA) is 66.4 Å². The number of amides is 1. The Bertz CT molecular complexity index is 535. The van der Waals surface area contributed by atoms with Crippen LogP contribution in [0.3, 0.4) is 0 Å². The lowest BCUT2D eigenvalue weighted by Crippen LogP contribution is -2.40. The molecule has 1 aromatic rings. The Hall–Kier alpha value is -1.07. The van der Waals surface area contributed by atoms with Crippen LogP contribution in [0.2, 0.25) is 5.02 Å². The lowest BCUT2D eigenvalue weighted by atomic mass is 9.85. The largest absolute Gasteiger partial charge is 0.481 e. The van der Waals surface area contributed by atoms with Crippen molar-refractivity contribution in [3.8, 4) is 0 Å². The maximum Gasteiger partial charge on any atom is 0.306 e. The van der Waals surface area contributed by atoms with Gasteiger partial charge in [-0.3, -0.25) is 9.59 Å². The van der Waals surface area contributed by atoms with Crippen molar-refractivity contribution in [3.05, 3.63) is 33.3 Å². The van der Waals surface area contributed by atoms with Crippen LogP contribution >= 0.6 is 27.5 Å². The van der Waals surface area contributed by atoms with Crippen LogP contribution in [0.25, 0.3) is 0 Å². The Morgan fingerprint density at radius 3 is 2.80 bits per heavy atom. The Morgan fingerprint density at radius 1 is 1.35 bits per heavy atom. The molecule has 1 aliphatic rings. The van der Waals surface area contributed by atoms with E-state index in [1.807, 2.05) is 0 Å². The normalized spacial score (nSPS) is 22.3. The molecule has 0 radical (unpaired) electrons. The summed E-state index contributed by atoms with van der Waals surface area (Å²) in [4.78, 5) is 23.2. The minimum absolute atomic E-state index is 0.104. The summed E-state index contributed by atoms with van der Waals surface area (Å²) in [7, 11) is 0. The molecule has 0 spiro atoms. The van der Waals surface area contributed by atoms with Gasteiger partial charge < -0.3 is 10.4 Å². The van der Waals surface area contributed by atoms with E-state index in [4.69, 9.17) is 16.7 Å². The molecule has 0 aromatic heterocycles. The summed E-state index contributed by atoms with van der Waals surface area (Å²) in [5, 5.41) is 12.3. The lowest BCUT2D eigenvalue weighted by molar-refractivity contribution is -0.143. The van der Waals surface area contributed by atoms with Crippen LogP contribution in [0.4, 0.5) is 0 Å². The van der Waals surface area contributed by atoms with Crippen LogP contribution in [0.1, 0.15) is 36.0 Å². The molecule has 0 saturated heterocycles. The number of carboxylic acid groups (broad SMARTS) is 1. The van der Waals surface area contributed by atoms with Gasteiger partial charge in [0.2, 0.25) is 0 Å². The Balaban J connectivity index is 2.04. The number of rotatable bonds is 3. The molecule has 4 nitrogen and oxygen atoms in total. The van der Waals surface area contributed by atoms with E-state index in [0.29, 0.717) is 27.9 Å². The highest BCUT2D eigenvalue weighted by atomic mass is 79.9. The average Bonchev–Trinajstić information content (AvgIpc) is 2.42. The zero-order chi connectivity index (χ0) is 14.7. The summed E-state index contributed by atoms with van der Waals surface area (Å²) >= 11 is 9.36. The van der Waals surface area contributed by atoms with Crippen molar-refractivity contribution >= 4 is 39.4 Å². The Kier molecular flexibility index (Phi) is 5.05.